The van der Waals surface area contributed by atoms with Crippen LogP contribution in [0.1, 0.15) is 30.9 Å². The van der Waals surface area contributed by atoms with Crippen molar-refractivity contribution in [3.63, 3.8) is 0 Å². The number of nitrogens with zero attached hydrogens (tertiary/aromatic N) is 2. The topological polar surface area (TPSA) is 123 Å². The van der Waals surface area contributed by atoms with Gasteiger partial charge < -0.3 is 24.9 Å². The second-order valence-corrected chi connectivity index (χ2v) is 5.95. The molecule has 8 heteroatoms. The first-order chi connectivity index (χ1) is 12.5. The summed E-state index contributed by atoms with van der Waals surface area (Å²) in [5.41, 5.74) is 6.47. The number of aromatic nitrogens is 2. The van der Waals surface area contributed by atoms with Gasteiger partial charge in [0.15, 0.2) is 11.5 Å². The molecule has 0 spiro atoms. The van der Waals surface area contributed by atoms with Crippen LogP contribution in [0.15, 0.2) is 40.8 Å². The molecule has 0 aliphatic carbocycles. The Labute approximate surface area is 149 Å². The van der Waals surface area contributed by atoms with Gasteiger partial charge in [-0.3, -0.25) is 4.79 Å². The normalized spacial score (nSPS) is 15.9. The van der Waals surface area contributed by atoms with Crippen LogP contribution in [0.2, 0.25) is 0 Å². The summed E-state index contributed by atoms with van der Waals surface area (Å²) >= 11 is 0. The standard InChI is InChI=1S/C18H18N4O4/c1-9(2)25-12-5-4-10(6-13(12)24-3)14-11(7-19)16(20)26-18-15(14)17(23)21-8-22-18/h4-6,8-9,14H,20H2,1-3H3,(H,21,22,23). The van der Waals surface area contributed by atoms with E-state index >= 15 is 0 Å². The summed E-state index contributed by atoms with van der Waals surface area (Å²) in [6, 6.07) is 7.24. The highest BCUT2D eigenvalue weighted by Gasteiger charge is 2.34. The Balaban J connectivity index is 2.19. The van der Waals surface area contributed by atoms with E-state index in [9.17, 15) is 10.1 Å². The fourth-order valence-corrected chi connectivity index (χ4v) is 2.84. The van der Waals surface area contributed by atoms with Gasteiger partial charge in [-0.15, -0.1) is 0 Å². The lowest BCUT2D eigenvalue weighted by molar-refractivity contribution is 0.230. The molecule has 8 nitrogen and oxygen atoms in total. The molecule has 3 N–H and O–H groups in total. The van der Waals surface area contributed by atoms with Crippen LogP contribution in [-0.2, 0) is 0 Å². The minimum atomic E-state index is -0.719. The Morgan fingerprint density at radius 2 is 2.15 bits per heavy atom. The lowest BCUT2D eigenvalue weighted by Crippen LogP contribution is -2.28. The van der Waals surface area contributed by atoms with E-state index in [2.05, 4.69) is 9.97 Å². The molecule has 0 amide bonds. The van der Waals surface area contributed by atoms with Gasteiger partial charge in [0.25, 0.3) is 5.56 Å². The van der Waals surface area contributed by atoms with Crippen molar-refractivity contribution in [1.29, 1.82) is 5.26 Å². The molecule has 1 aliphatic heterocycles. The fourth-order valence-electron chi connectivity index (χ4n) is 2.84. The van der Waals surface area contributed by atoms with Gasteiger partial charge in [-0.25, -0.2) is 4.98 Å². The van der Waals surface area contributed by atoms with Crippen LogP contribution in [0.5, 0.6) is 17.4 Å². The van der Waals surface area contributed by atoms with Crippen LogP contribution in [0, 0.1) is 11.3 Å². The molecule has 0 fully saturated rings. The number of rotatable bonds is 4. The van der Waals surface area contributed by atoms with Crippen molar-refractivity contribution < 1.29 is 14.2 Å². The van der Waals surface area contributed by atoms with E-state index in [4.69, 9.17) is 19.9 Å². The molecule has 2 aromatic rings. The van der Waals surface area contributed by atoms with E-state index in [1.807, 2.05) is 19.9 Å². The molecule has 1 aromatic carbocycles. The minimum absolute atomic E-state index is 0.0317. The van der Waals surface area contributed by atoms with Crippen molar-refractivity contribution in [1.82, 2.24) is 9.97 Å². The number of nitrogens with two attached hydrogens (primary N) is 1. The molecular formula is C18H18N4O4. The lowest BCUT2D eigenvalue weighted by Gasteiger charge is -2.25. The maximum atomic E-state index is 12.4. The Morgan fingerprint density at radius 3 is 2.81 bits per heavy atom. The van der Waals surface area contributed by atoms with Gasteiger partial charge in [0, 0.05) is 0 Å². The second-order valence-electron chi connectivity index (χ2n) is 5.95. The third-order valence-corrected chi connectivity index (χ3v) is 3.91. The first-order valence-corrected chi connectivity index (χ1v) is 7.96. The van der Waals surface area contributed by atoms with Crippen molar-refractivity contribution in [3.8, 4) is 23.4 Å². The van der Waals surface area contributed by atoms with E-state index in [0.717, 1.165) is 0 Å². The summed E-state index contributed by atoms with van der Waals surface area (Å²) in [6.07, 6.45) is 1.19. The van der Waals surface area contributed by atoms with Crippen LogP contribution >= 0.6 is 0 Å². The quantitative estimate of drug-likeness (QED) is 0.858. The molecule has 0 saturated heterocycles. The van der Waals surface area contributed by atoms with Gasteiger partial charge in [0.2, 0.25) is 11.8 Å². The number of benzene rings is 1. The number of H-pyrrole nitrogens is 1. The number of fused-ring (bicyclic) bond motifs is 1. The number of ether oxygens (including phenoxy) is 3. The number of nitriles is 1. The summed E-state index contributed by atoms with van der Waals surface area (Å²) in [5.74, 6) is 0.332. The average molecular weight is 354 g/mol. The molecule has 1 unspecified atom stereocenters. The van der Waals surface area contributed by atoms with Gasteiger partial charge in [0.1, 0.15) is 11.6 Å². The van der Waals surface area contributed by atoms with Gasteiger partial charge in [0.05, 0.1) is 31.0 Å². The molecular weight excluding hydrogens is 336 g/mol. The fraction of sp³-hybridized carbons (Fsp3) is 0.278. The summed E-state index contributed by atoms with van der Waals surface area (Å²) in [6.45, 7) is 3.81. The Bertz CT molecular complexity index is 972. The number of hydrogen-bond acceptors (Lipinski definition) is 7. The smallest absolute Gasteiger partial charge is 0.258 e. The Morgan fingerprint density at radius 1 is 1.38 bits per heavy atom. The van der Waals surface area contributed by atoms with Crippen LogP contribution in [-0.4, -0.2) is 23.2 Å². The maximum absolute atomic E-state index is 12.4. The predicted octanol–water partition coefficient (Wildman–Crippen LogP) is 1.78. The van der Waals surface area contributed by atoms with Crippen molar-refractivity contribution in [2.75, 3.05) is 7.11 Å². The number of nitrogens with one attached hydrogen (secondary N) is 1. The van der Waals surface area contributed by atoms with Crippen molar-refractivity contribution >= 4 is 0 Å². The molecule has 0 radical (unpaired) electrons. The second kappa shape index (κ2) is 6.80. The van der Waals surface area contributed by atoms with E-state index in [0.29, 0.717) is 17.1 Å². The SMILES string of the molecule is COc1cc(C2C(C#N)=C(N)Oc3nc[nH]c(=O)c32)ccc1OC(C)C. The molecule has 0 bridgehead atoms. The molecule has 26 heavy (non-hydrogen) atoms. The third-order valence-electron chi connectivity index (χ3n) is 3.91. The molecule has 1 aromatic heterocycles. The van der Waals surface area contributed by atoms with E-state index < -0.39 is 11.5 Å². The minimum Gasteiger partial charge on any atom is -0.493 e. The number of allylic oxidation sites excluding steroid dienone is 1. The van der Waals surface area contributed by atoms with Crippen molar-refractivity contribution in [2.45, 2.75) is 25.9 Å². The van der Waals surface area contributed by atoms with E-state index in [1.54, 1.807) is 18.2 Å². The van der Waals surface area contributed by atoms with E-state index in [1.165, 1.54) is 13.4 Å². The van der Waals surface area contributed by atoms with Crippen LogP contribution < -0.4 is 25.5 Å². The molecule has 1 aliphatic rings. The van der Waals surface area contributed by atoms with Gasteiger partial charge in [-0.05, 0) is 31.5 Å². The monoisotopic (exact) mass is 354 g/mol. The van der Waals surface area contributed by atoms with E-state index in [-0.39, 0.29) is 29.0 Å². The van der Waals surface area contributed by atoms with Gasteiger partial charge in [-0.2, -0.15) is 5.26 Å². The zero-order valence-electron chi connectivity index (χ0n) is 14.6. The molecule has 134 valence electrons. The highest BCUT2D eigenvalue weighted by molar-refractivity contribution is 5.55. The zero-order chi connectivity index (χ0) is 18.8. The highest BCUT2D eigenvalue weighted by Crippen LogP contribution is 2.41. The molecule has 2 heterocycles. The van der Waals surface area contributed by atoms with Crippen LogP contribution in [0.25, 0.3) is 0 Å². The first-order valence-electron chi connectivity index (χ1n) is 7.96. The van der Waals surface area contributed by atoms with Crippen molar-refractivity contribution in [3.05, 3.63) is 57.5 Å². The number of methoxy groups -OCH3 is 1. The number of aromatic amines is 1. The maximum Gasteiger partial charge on any atom is 0.258 e. The first kappa shape index (κ1) is 17.4. The van der Waals surface area contributed by atoms with Crippen molar-refractivity contribution in [2.24, 2.45) is 5.73 Å². The summed E-state index contributed by atoms with van der Waals surface area (Å²) < 4.78 is 16.5. The van der Waals surface area contributed by atoms with Crippen LogP contribution in [0.3, 0.4) is 0 Å². The average Bonchev–Trinajstić information content (AvgIpc) is 2.60. The zero-order valence-corrected chi connectivity index (χ0v) is 14.6. The summed E-state index contributed by atoms with van der Waals surface area (Å²) in [4.78, 5) is 18.9. The summed E-state index contributed by atoms with van der Waals surface area (Å²) in [7, 11) is 1.52. The summed E-state index contributed by atoms with van der Waals surface area (Å²) in [5, 5.41) is 9.55. The largest absolute Gasteiger partial charge is 0.493 e. The highest BCUT2D eigenvalue weighted by atomic mass is 16.5. The number of hydrogen-bond donors (Lipinski definition) is 2. The van der Waals surface area contributed by atoms with Gasteiger partial charge in [-0.1, -0.05) is 6.07 Å². The van der Waals surface area contributed by atoms with Crippen LogP contribution in [0.4, 0.5) is 0 Å². The lowest BCUT2D eigenvalue weighted by atomic mass is 9.85. The van der Waals surface area contributed by atoms with Gasteiger partial charge >= 0.3 is 0 Å². The Hall–Kier alpha value is -3.47. The molecule has 0 saturated carbocycles. The Kier molecular flexibility index (Phi) is 4.54. The molecule has 1 atom stereocenters. The predicted molar refractivity (Wildman–Crippen MR) is 92.9 cm³/mol. The molecule has 3 rings (SSSR count). The third kappa shape index (κ3) is 2.95.